The molecular weight excluding hydrogens is 208 g/mol. The number of likely N-dealkylation sites (tertiary alicyclic amines) is 1. The first-order chi connectivity index (χ1) is 8.35. The molecule has 2 aliphatic rings. The third-order valence-electron chi connectivity index (χ3n) is 4.23. The Bertz CT molecular complexity index is 400. The van der Waals surface area contributed by atoms with E-state index >= 15 is 0 Å². The van der Waals surface area contributed by atoms with E-state index in [9.17, 15) is 0 Å². The molecule has 92 valence electrons. The van der Waals surface area contributed by atoms with Gasteiger partial charge in [-0.3, -0.25) is 4.90 Å². The average molecular weight is 230 g/mol. The van der Waals surface area contributed by atoms with Gasteiger partial charge in [0.25, 0.3) is 0 Å². The summed E-state index contributed by atoms with van der Waals surface area (Å²) in [4.78, 5) is 2.61. The number of fused-ring (bicyclic) bond motifs is 1. The van der Waals surface area contributed by atoms with E-state index in [0.29, 0.717) is 0 Å². The summed E-state index contributed by atoms with van der Waals surface area (Å²) in [7, 11) is 0. The highest BCUT2D eigenvalue weighted by Crippen LogP contribution is 2.25. The minimum atomic E-state index is 0.936. The highest BCUT2D eigenvalue weighted by atomic mass is 15.1. The summed E-state index contributed by atoms with van der Waals surface area (Å²) in [6.07, 6.45) is 3.92. The van der Waals surface area contributed by atoms with Crippen LogP contribution in [0.15, 0.2) is 18.2 Å². The fourth-order valence-electron chi connectivity index (χ4n) is 3.10. The lowest BCUT2D eigenvalue weighted by Gasteiger charge is -2.16. The first-order valence-corrected chi connectivity index (χ1v) is 6.93. The van der Waals surface area contributed by atoms with Crippen LogP contribution in [0.4, 0.5) is 5.69 Å². The van der Waals surface area contributed by atoms with Crippen LogP contribution >= 0.6 is 0 Å². The van der Waals surface area contributed by atoms with Crippen LogP contribution in [0.5, 0.6) is 0 Å². The maximum absolute atomic E-state index is 3.42. The highest BCUT2D eigenvalue weighted by molar-refractivity contribution is 5.56. The largest absolute Gasteiger partial charge is 0.384 e. The predicted octanol–water partition coefficient (Wildman–Crippen LogP) is 2.89. The zero-order valence-corrected chi connectivity index (χ0v) is 10.7. The van der Waals surface area contributed by atoms with Crippen molar-refractivity contribution in [1.82, 2.24) is 4.90 Å². The van der Waals surface area contributed by atoms with Crippen LogP contribution in [-0.2, 0) is 13.0 Å². The summed E-state index contributed by atoms with van der Waals surface area (Å²) in [5.41, 5.74) is 4.35. The molecule has 0 bridgehead atoms. The third kappa shape index (κ3) is 2.32. The van der Waals surface area contributed by atoms with Gasteiger partial charge in [-0.25, -0.2) is 0 Å². The standard InChI is InChI=1S/C15H22N2/c1-2-12-6-8-17(10-12)11-13-3-4-15-14(9-13)5-7-16-15/h3-4,9,12,16H,2,5-8,10-11H2,1H3. The van der Waals surface area contributed by atoms with Gasteiger partial charge in [-0.2, -0.15) is 0 Å². The second-order valence-electron chi connectivity index (χ2n) is 5.47. The van der Waals surface area contributed by atoms with Crippen molar-refractivity contribution >= 4 is 5.69 Å². The Labute approximate surface area is 104 Å². The lowest BCUT2D eigenvalue weighted by Crippen LogP contribution is -2.20. The Morgan fingerprint density at radius 2 is 2.35 bits per heavy atom. The van der Waals surface area contributed by atoms with Crippen molar-refractivity contribution in [1.29, 1.82) is 0 Å². The molecule has 1 saturated heterocycles. The zero-order valence-electron chi connectivity index (χ0n) is 10.7. The van der Waals surface area contributed by atoms with Gasteiger partial charge in [-0.1, -0.05) is 25.5 Å². The molecule has 1 aromatic rings. The summed E-state index contributed by atoms with van der Waals surface area (Å²) in [5, 5.41) is 3.42. The molecule has 1 fully saturated rings. The molecule has 2 heteroatoms. The molecule has 1 N–H and O–H groups in total. The number of nitrogens with zero attached hydrogens (tertiary/aromatic N) is 1. The van der Waals surface area contributed by atoms with Crippen molar-refractivity contribution in [3.8, 4) is 0 Å². The van der Waals surface area contributed by atoms with Crippen LogP contribution < -0.4 is 5.32 Å². The second-order valence-corrected chi connectivity index (χ2v) is 5.47. The summed E-state index contributed by atoms with van der Waals surface area (Å²) in [5.74, 6) is 0.936. The van der Waals surface area contributed by atoms with Crippen molar-refractivity contribution in [2.24, 2.45) is 5.92 Å². The van der Waals surface area contributed by atoms with Gasteiger partial charge in [0, 0.05) is 25.3 Å². The first kappa shape index (κ1) is 11.1. The molecule has 2 heterocycles. The molecule has 1 aromatic carbocycles. The number of rotatable bonds is 3. The molecule has 0 radical (unpaired) electrons. The third-order valence-corrected chi connectivity index (χ3v) is 4.23. The van der Waals surface area contributed by atoms with Gasteiger partial charge in [0.1, 0.15) is 0 Å². The lowest BCUT2D eigenvalue weighted by molar-refractivity contribution is 0.315. The van der Waals surface area contributed by atoms with E-state index in [1.807, 2.05) is 0 Å². The van der Waals surface area contributed by atoms with E-state index in [1.165, 1.54) is 49.2 Å². The van der Waals surface area contributed by atoms with E-state index in [2.05, 4.69) is 35.3 Å². The minimum Gasteiger partial charge on any atom is -0.384 e. The molecule has 0 aromatic heterocycles. The number of benzene rings is 1. The number of anilines is 1. The molecule has 2 nitrogen and oxygen atoms in total. The van der Waals surface area contributed by atoms with Crippen LogP contribution in [0.2, 0.25) is 0 Å². The van der Waals surface area contributed by atoms with E-state index in [4.69, 9.17) is 0 Å². The molecule has 0 aliphatic carbocycles. The normalized spacial score (nSPS) is 23.7. The number of nitrogens with one attached hydrogen (secondary N) is 1. The summed E-state index contributed by atoms with van der Waals surface area (Å²) >= 11 is 0. The van der Waals surface area contributed by atoms with Crippen molar-refractivity contribution in [2.75, 3.05) is 25.0 Å². The van der Waals surface area contributed by atoms with Gasteiger partial charge in [0.15, 0.2) is 0 Å². The number of hydrogen-bond donors (Lipinski definition) is 1. The van der Waals surface area contributed by atoms with Gasteiger partial charge >= 0.3 is 0 Å². The Kier molecular flexibility index (Phi) is 3.06. The molecule has 3 rings (SSSR count). The minimum absolute atomic E-state index is 0.936. The van der Waals surface area contributed by atoms with Gasteiger partial charge in [-0.15, -0.1) is 0 Å². The smallest absolute Gasteiger partial charge is 0.0373 e. The zero-order chi connectivity index (χ0) is 11.7. The Morgan fingerprint density at radius 1 is 1.41 bits per heavy atom. The van der Waals surface area contributed by atoms with Crippen LogP contribution in [0.3, 0.4) is 0 Å². The Morgan fingerprint density at radius 3 is 3.18 bits per heavy atom. The highest BCUT2D eigenvalue weighted by Gasteiger charge is 2.21. The van der Waals surface area contributed by atoms with Crippen LogP contribution in [0.1, 0.15) is 30.9 Å². The second kappa shape index (κ2) is 4.69. The fourth-order valence-corrected chi connectivity index (χ4v) is 3.10. The molecule has 0 spiro atoms. The summed E-state index contributed by atoms with van der Waals surface area (Å²) in [6, 6.07) is 6.94. The average Bonchev–Trinajstić information content (AvgIpc) is 2.96. The van der Waals surface area contributed by atoms with Crippen molar-refractivity contribution < 1.29 is 0 Å². The monoisotopic (exact) mass is 230 g/mol. The van der Waals surface area contributed by atoms with E-state index < -0.39 is 0 Å². The summed E-state index contributed by atoms with van der Waals surface area (Å²) < 4.78 is 0. The molecule has 17 heavy (non-hydrogen) atoms. The van der Waals surface area contributed by atoms with Gasteiger partial charge < -0.3 is 5.32 Å². The quantitative estimate of drug-likeness (QED) is 0.859. The van der Waals surface area contributed by atoms with Gasteiger partial charge in [0.2, 0.25) is 0 Å². The Balaban J connectivity index is 1.65. The topological polar surface area (TPSA) is 15.3 Å². The SMILES string of the molecule is CCC1CCN(Cc2ccc3c(c2)CCN3)C1. The molecule has 0 amide bonds. The predicted molar refractivity (Wildman–Crippen MR) is 72.3 cm³/mol. The molecule has 1 atom stereocenters. The number of hydrogen-bond acceptors (Lipinski definition) is 2. The van der Waals surface area contributed by atoms with Crippen LogP contribution in [0, 0.1) is 5.92 Å². The summed E-state index contributed by atoms with van der Waals surface area (Å²) in [6.45, 7) is 7.15. The Hall–Kier alpha value is -1.02. The van der Waals surface area contributed by atoms with Gasteiger partial charge in [-0.05, 0) is 42.5 Å². The van der Waals surface area contributed by atoms with E-state index in [0.717, 1.165) is 19.0 Å². The van der Waals surface area contributed by atoms with E-state index in [1.54, 1.807) is 0 Å². The van der Waals surface area contributed by atoms with Crippen LogP contribution in [-0.4, -0.2) is 24.5 Å². The fraction of sp³-hybridized carbons (Fsp3) is 0.600. The lowest BCUT2D eigenvalue weighted by atomic mass is 10.1. The van der Waals surface area contributed by atoms with Crippen molar-refractivity contribution in [3.05, 3.63) is 29.3 Å². The molecule has 2 aliphatic heterocycles. The van der Waals surface area contributed by atoms with Crippen molar-refractivity contribution in [2.45, 2.75) is 32.7 Å². The maximum atomic E-state index is 3.42. The molecule has 0 saturated carbocycles. The van der Waals surface area contributed by atoms with E-state index in [-0.39, 0.29) is 0 Å². The molecule has 1 unspecified atom stereocenters. The van der Waals surface area contributed by atoms with Crippen LogP contribution in [0.25, 0.3) is 0 Å². The van der Waals surface area contributed by atoms with Gasteiger partial charge in [0.05, 0.1) is 0 Å². The molecular formula is C15H22N2. The first-order valence-electron chi connectivity index (χ1n) is 6.93. The van der Waals surface area contributed by atoms with Crippen molar-refractivity contribution in [3.63, 3.8) is 0 Å². The maximum Gasteiger partial charge on any atom is 0.0373 e.